The van der Waals surface area contributed by atoms with E-state index in [9.17, 15) is 18.0 Å². The highest BCUT2D eigenvalue weighted by molar-refractivity contribution is 7.89. The summed E-state index contributed by atoms with van der Waals surface area (Å²) >= 11 is 0. The minimum atomic E-state index is -3.69. The van der Waals surface area contributed by atoms with Gasteiger partial charge < -0.3 is 9.80 Å². The van der Waals surface area contributed by atoms with Gasteiger partial charge in [-0.1, -0.05) is 6.92 Å². The molecule has 0 aromatic heterocycles. The van der Waals surface area contributed by atoms with Crippen LogP contribution in [0.2, 0.25) is 0 Å². The van der Waals surface area contributed by atoms with Gasteiger partial charge in [-0.25, -0.2) is 8.42 Å². The van der Waals surface area contributed by atoms with Crippen LogP contribution in [-0.2, 0) is 26.0 Å². The highest BCUT2D eigenvalue weighted by atomic mass is 32.2. The van der Waals surface area contributed by atoms with Gasteiger partial charge in [-0.05, 0) is 81.5 Å². The SMILES string of the molecule is CC1CCN(C(=O)[C@H]2CCCN(S(=O)(=O)c3ccc4c(c3)C[C@H](C)N4C(=O)C3CC3)C2)CC1. The van der Waals surface area contributed by atoms with Gasteiger partial charge in [0.25, 0.3) is 0 Å². The standard InChI is InChI=1S/C25H35N3O4S/c1-17-9-12-26(13-10-17)24(29)20-4-3-11-27(16-20)33(31,32)22-7-8-23-21(15-22)14-18(2)28(23)25(30)19-5-6-19/h7-8,15,17-20H,3-6,9-14,16H2,1-2H3/t18-,20-/m0/s1. The summed E-state index contributed by atoms with van der Waals surface area (Å²) in [6, 6.07) is 5.23. The van der Waals surface area contributed by atoms with Crippen molar-refractivity contribution in [2.45, 2.75) is 69.7 Å². The lowest BCUT2D eigenvalue weighted by molar-refractivity contribution is -0.138. The predicted molar refractivity (Wildman–Crippen MR) is 126 cm³/mol. The molecule has 0 spiro atoms. The van der Waals surface area contributed by atoms with Gasteiger partial charge in [0.15, 0.2) is 0 Å². The molecule has 1 saturated carbocycles. The highest BCUT2D eigenvalue weighted by Crippen LogP contribution is 2.40. The van der Waals surface area contributed by atoms with E-state index in [1.54, 1.807) is 18.2 Å². The van der Waals surface area contributed by atoms with Crippen molar-refractivity contribution in [2.75, 3.05) is 31.1 Å². The number of nitrogens with zero attached hydrogens (tertiary/aromatic N) is 3. The molecule has 180 valence electrons. The molecule has 0 unspecified atom stereocenters. The molecule has 7 nitrogen and oxygen atoms in total. The van der Waals surface area contributed by atoms with Crippen LogP contribution in [0.3, 0.4) is 0 Å². The third-order valence-corrected chi connectivity index (χ3v) is 9.76. The van der Waals surface area contributed by atoms with Crippen molar-refractivity contribution in [2.24, 2.45) is 17.8 Å². The fourth-order valence-electron chi connectivity index (χ4n) is 5.63. The summed E-state index contributed by atoms with van der Waals surface area (Å²) in [7, 11) is -3.69. The minimum Gasteiger partial charge on any atom is -0.342 e. The quantitative estimate of drug-likeness (QED) is 0.673. The molecule has 1 aliphatic carbocycles. The van der Waals surface area contributed by atoms with Gasteiger partial charge in [0.1, 0.15) is 0 Å². The van der Waals surface area contributed by atoms with Gasteiger partial charge in [0.2, 0.25) is 21.8 Å². The Bertz CT molecular complexity index is 1040. The normalized spacial score (nSPS) is 27.0. The summed E-state index contributed by atoms with van der Waals surface area (Å²) in [6.07, 6.45) is 6.07. The first-order chi connectivity index (χ1) is 15.8. The van der Waals surface area contributed by atoms with Crippen molar-refractivity contribution in [3.63, 3.8) is 0 Å². The number of amides is 2. The number of benzene rings is 1. The van der Waals surface area contributed by atoms with Crippen molar-refractivity contribution in [1.29, 1.82) is 0 Å². The van der Waals surface area contributed by atoms with E-state index in [1.807, 2.05) is 16.7 Å². The molecule has 0 bridgehead atoms. The molecule has 2 atom stereocenters. The molecule has 2 saturated heterocycles. The van der Waals surface area contributed by atoms with E-state index in [2.05, 4.69) is 6.92 Å². The molecule has 3 fully saturated rings. The highest BCUT2D eigenvalue weighted by Gasteiger charge is 2.41. The molecule has 8 heteroatoms. The van der Waals surface area contributed by atoms with E-state index >= 15 is 0 Å². The number of hydrogen-bond donors (Lipinski definition) is 0. The minimum absolute atomic E-state index is 0.0512. The second kappa shape index (κ2) is 8.69. The van der Waals surface area contributed by atoms with Gasteiger partial charge in [-0.2, -0.15) is 4.31 Å². The maximum Gasteiger partial charge on any atom is 0.243 e. The number of fused-ring (bicyclic) bond motifs is 1. The molecule has 2 amide bonds. The molecular weight excluding hydrogens is 438 g/mol. The number of hydrogen-bond acceptors (Lipinski definition) is 4. The van der Waals surface area contributed by atoms with E-state index in [1.165, 1.54) is 4.31 Å². The van der Waals surface area contributed by atoms with Crippen molar-refractivity contribution in [1.82, 2.24) is 9.21 Å². The van der Waals surface area contributed by atoms with Crippen molar-refractivity contribution in [3.05, 3.63) is 23.8 Å². The number of anilines is 1. The summed E-state index contributed by atoms with van der Waals surface area (Å²) < 4.78 is 28.5. The molecule has 3 aliphatic heterocycles. The summed E-state index contributed by atoms with van der Waals surface area (Å²) in [4.78, 5) is 29.9. The number of rotatable bonds is 4. The number of piperidine rings is 2. The van der Waals surface area contributed by atoms with Gasteiger partial charge >= 0.3 is 0 Å². The largest absolute Gasteiger partial charge is 0.342 e. The maximum atomic E-state index is 13.5. The Kier molecular flexibility index (Phi) is 6.02. The average molecular weight is 474 g/mol. The van der Waals surface area contributed by atoms with Crippen LogP contribution in [0.25, 0.3) is 0 Å². The molecule has 0 N–H and O–H groups in total. The van der Waals surface area contributed by atoms with Crippen LogP contribution >= 0.6 is 0 Å². The summed E-state index contributed by atoms with van der Waals surface area (Å²) in [5.41, 5.74) is 1.77. The Morgan fingerprint density at radius 1 is 0.909 bits per heavy atom. The third-order valence-electron chi connectivity index (χ3n) is 7.90. The second-order valence-electron chi connectivity index (χ2n) is 10.5. The van der Waals surface area contributed by atoms with Gasteiger partial charge in [-0.3, -0.25) is 9.59 Å². The Morgan fingerprint density at radius 2 is 1.64 bits per heavy atom. The first kappa shape index (κ1) is 22.8. The fourth-order valence-corrected chi connectivity index (χ4v) is 7.20. The topological polar surface area (TPSA) is 78.0 Å². The Balaban J connectivity index is 1.32. The predicted octanol–water partition coefficient (Wildman–Crippen LogP) is 3.03. The lowest BCUT2D eigenvalue weighted by Gasteiger charge is -2.37. The third kappa shape index (κ3) is 4.32. The van der Waals surface area contributed by atoms with Crippen LogP contribution in [0.1, 0.15) is 57.9 Å². The number of carbonyl (C=O) groups is 2. The average Bonchev–Trinajstić information content (AvgIpc) is 3.60. The Hall–Kier alpha value is -1.93. The van der Waals surface area contributed by atoms with Crippen LogP contribution in [-0.4, -0.2) is 61.7 Å². The monoisotopic (exact) mass is 473 g/mol. The second-order valence-corrected chi connectivity index (χ2v) is 12.5. The molecule has 1 aromatic carbocycles. The van der Waals surface area contributed by atoms with Crippen LogP contribution < -0.4 is 4.90 Å². The summed E-state index contributed by atoms with van der Waals surface area (Å²) in [6.45, 7) is 6.51. The van der Waals surface area contributed by atoms with Crippen LogP contribution in [0.5, 0.6) is 0 Å². The Labute approximate surface area is 197 Å². The van der Waals surface area contributed by atoms with Crippen LogP contribution in [0.15, 0.2) is 23.1 Å². The zero-order valence-corrected chi connectivity index (χ0v) is 20.5. The zero-order chi connectivity index (χ0) is 23.3. The molecular formula is C25H35N3O4S. The smallest absolute Gasteiger partial charge is 0.243 e. The molecule has 5 rings (SSSR count). The van der Waals surface area contributed by atoms with E-state index in [0.29, 0.717) is 25.3 Å². The van der Waals surface area contributed by atoms with Gasteiger partial charge in [0.05, 0.1) is 10.8 Å². The fraction of sp³-hybridized carbons (Fsp3) is 0.680. The van der Waals surface area contributed by atoms with Crippen molar-refractivity contribution < 1.29 is 18.0 Å². The Morgan fingerprint density at radius 3 is 2.33 bits per heavy atom. The van der Waals surface area contributed by atoms with Crippen LogP contribution in [0, 0.1) is 17.8 Å². The summed E-state index contributed by atoms with van der Waals surface area (Å²) in [5, 5.41) is 0. The molecule has 0 radical (unpaired) electrons. The maximum absolute atomic E-state index is 13.5. The number of carbonyl (C=O) groups excluding carboxylic acids is 2. The lowest BCUT2D eigenvalue weighted by Crippen LogP contribution is -2.48. The van der Waals surface area contributed by atoms with Gasteiger partial charge in [0, 0.05) is 43.8 Å². The van der Waals surface area contributed by atoms with E-state index in [4.69, 9.17) is 0 Å². The van der Waals surface area contributed by atoms with Gasteiger partial charge in [-0.15, -0.1) is 0 Å². The van der Waals surface area contributed by atoms with E-state index < -0.39 is 10.0 Å². The first-order valence-corrected chi connectivity index (χ1v) is 13.9. The van der Waals surface area contributed by atoms with Crippen LogP contribution in [0.4, 0.5) is 5.69 Å². The number of sulfonamides is 1. The van der Waals surface area contributed by atoms with E-state index in [-0.39, 0.29) is 41.1 Å². The number of likely N-dealkylation sites (tertiary alicyclic amines) is 1. The first-order valence-electron chi connectivity index (χ1n) is 12.5. The van der Waals surface area contributed by atoms with Crippen molar-refractivity contribution >= 4 is 27.5 Å². The molecule has 1 aromatic rings. The zero-order valence-electron chi connectivity index (χ0n) is 19.7. The molecule has 33 heavy (non-hydrogen) atoms. The summed E-state index contributed by atoms with van der Waals surface area (Å²) in [5.74, 6) is 0.797. The molecule has 4 aliphatic rings. The van der Waals surface area contributed by atoms with E-state index in [0.717, 1.165) is 56.4 Å². The van der Waals surface area contributed by atoms with Crippen molar-refractivity contribution in [3.8, 4) is 0 Å². The lowest BCUT2D eigenvalue weighted by atomic mass is 9.94. The molecule has 3 heterocycles.